The van der Waals surface area contributed by atoms with E-state index < -0.39 is 0 Å². The second kappa shape index (κ2) is 5.23. The highest BCUT2D eigenvalue weighted by molar-refractivity contribution is 5.38. The van der Waals surface area contributed by atoms with Crippen LogP contribution >= 0.6 is 0 Å². The van der Waals surface area contributed by atoms with E-state index in [1.165, 1.54) is 37.7 Å². The predicted octanol–water partition coefficient (Wildman–Crippen LogP) is 4.63. The van der Waals surface area contributed by atoms with E-state index in [0.717, 1.165) is 17.8 Å². The minimum atomic E-state index is 0.100. The lowest BCUT2D eigenvalue weighted by atomic mass is 9.51. The van der Waals surface area contributed by atoms with Crippen molar-refractivity contribution in [2.24, 2.45) is 40.7 Å². The first kappa shape index (κ1) is 14.5. The Hall–Kier alpha value is -1.08. The molecule has 0 bridgehead atoms. The van der Waals surface area contributed by atoms with Crippen LogP contribution in [-0.4, -0.2) is 6.04 Å². The third-order valence-electron chi connectivity index (χ3n) is 7.28. The maximum Gasteiger partial charge on any atom is 0.0288 e. The molecule has 4 aliphatic rings. The van der Waals surface area contributed by atoms with Crippen LogP contribution < -0.4 is 5.73 Å². The average molecular weight is 295 g/mol. The minimum Gasteiger partial charge on any atom is -0.324 e. The Kier molecular flexibility index (Phi) is 3.45. The maximum absolute atomic E-state index is 6.50. The van der Waals surface area contributed by atoms with Crippen molar-refractivity contribution in [3.63, 3.8) is 0 Å². The average Bonchev–Trinajstić information content (AvgIpc) is 2.94. The van der Waals surface area contributed by atoms with Crippen LogP contribution in [0.5, 0.6) is 0 Å². The van der Waals surface area contributed by atoms with Crippen LogP contribution in [-0.2, 0) is 0 Å². The van der Waals surface area contributed by atoms with Crippen molar-refractivity contribution in [2.45, 2.75) is 45.1 Å². The fourth-order valence-electron chi connectivity index (χ4n) is 6.17. The Balaban J connectivity index is 1.78. The smallest absolute Gasteiger partial charge is 0.0288 e. The lowest BCUT2D eigenvalue weighted by Crippen LogP contribution is -2.50. The van der Waals surface area contributed by atoms with Crippen LogP contribution in [0.15, 0.2) is 48.6 Å². The third-order valence-corrected chi connectivity index (χ3v) is 7.28. The van der Waals surface area contributed by atoms with Crippen LogP contribution in [0, 0.1) is 35.0 Å². The summed E-state index contributed by atoms with van der Waals surface area (Å²) in [7, 11) is 0. The monoisotopic (exact) mass is 295 g/mol. The Bertz CT molecular complexity index is 554. The molecule has 0 aromatic carbocycles. The SMILES string of the molecule is C=CC(N)[C@@H]1C=C2C=CC=C[C@@H]2[C@H]2CC[C@]3(C)CCC[C@H]3[C@@H]21. The summed E-state index contributed by atoms with van der Waals surface area (Å²) in [5.41, 5.74) is 8.57. The zero-order valence-corrected chi connectivity index (χ0v) is 13.7. The van der Waals surface area contributed by atoms with Gasteiger partial charge in [0.2, 0.25) is 0 Å². The number of allylic oxidation sites excluding steroid dienone is 5. The molecular weight excluding hydrogens is 266 g/mol. The molecule has 0 saturated heterocycles. The molecule has 1 nitrogen and oxygen atoms in total. The van der Waals surface area contributed by atoms with Gasteiger partial charge in [-0.15, -0.1) is 6.58 Å². The molecule has 4 rings (SSSR count). The van der Waals surface area contributed by atoms with Gasteiger partial charge in [0.05, 0.1) is 0 Å². The molecule has 0 heterocycles. The van der Waals surface area contributed by atoms with Gasteiger partial charge in [-0.05, 0) is 60.3 Å². The summed E-state index contributed by atoms with van der Waals surface area (Å²) in [5, 5.41) is 0. The Morgan fingerprint density at radius 1 is 1.32 bits per heavy atom. The molecule has 0 spiro atoms. The summed E-state index contributed by atoms with van der Waals surface area (Å²) in [6.07, 6.45) is 20.7. The number of fused-ring (bicyclic) bond motifs is 5. The normalized spacial score (nSPS) is 47.2. The van der Waals surface area contributed by atoms with Gasteiger partial charge in [0, 0.05) is 12.0 Å². The van der Waals surface area contributed by atoms with Crippen LogP contribution in [0.2, 0.25) is 0 Å². The molecule has 4 aliphatic carbocycles. The lowest BCUT2D eigenvalue weighted by Gasteiger charge is -2.54. The van der Waals surface area contributed by atoms with Crippen molar-refractivity contribution in [1.29, 1.82) is 0 Å². The number of nitrogens with two attached hydrogens (primary N) is 1. The van der Waals surface area contributed by atoms with Gasteiger partial charge < -0.3 is 5.73 Å². The molecule has 0 radical (unpaired) electrons. The van der Waals surface area contributed by atoms with E-state index in [4.69, 9.17) is 5.73 Å². The topological polar surface area (TPSA) is 26.0 Å². The summed E-state index contributed by atoms with van der Waals surface area (Å²) in [6, 6.07) is 0.100. The maximum atomic E-state index is 6.50. The molecule has 2 saturated carbocycles. The first-order chi connectivity index (χ1) is 10.6. The number of rotatable bonds is 2. The fourth-order valence-corrected chi connectivity index (χ4v) is 6.17. The van der Waals surface area contributed by atoms with E-state index in [2.05, 4.69) is 43.9 Å². The third kappa shape index (κ3) is 2.01. The lowest BCUT2D eigenvalue weighted by molar-refractivity contribution is -0.00482. The van der Waals surface area contributed by atoms with E-state index in [9.17, 15) is 0 Å². The molecular formula is C21H29N. The number of hydrogen-bond acceptors (Lipinski definition) is 1. The van der Waals surface area contributed by atoms with Gasteiger partial charge in [0.1, 0.15) is 0 Å². The molecule has 7 atom stereocenters. The van der Waals surface area contributed by atoms with Gasteiger partial charge >= 0.3 is 0 Å². The van der Waals surface area contributed by atoms with Crippen LogP contribution in [0.1, 0.15) is 39.0 Å². The molecule has 0 amide bonds. The molecule has 2 N–H and O–H groups in total. The second-order valence-corrected chi connectivity index (χ2v) is 8.26. The van der Waals surface area contributed by atoms with Crippen molar-refractivity contribution < 1.29 is 0 Å². The van der Waals surface area contributed by atoms with Gasteiger partial charge in [-0.3, -0.25) is 0 Å². The zero-order valence-electron chi connectivity index (χ0n) is 13.7. The Morgan fingerprint density at radius 3 is 3.00 bits per heavy atom. The van der Waals surface area contributed by atoms with Crippen LogP contribution in [0.4, 0.5) is 0 Å². The van der Waals surface area contributed by atoms with Gasteiger partial charge in [-0.1, -0.05) is 49.8 Å². The highest BCUT2D eigenvalue weighted by Gasteiger charge is 2.54. The fraction of sp³-hybridized carbons (Fsp3) is 0.619. The first-order valence-corrected chi connectivity index (χ1v) is 9.09. The quantitative estimate of drug-likeness (QED) is 0.738. The van der Waals surface area contributed by atoms with E-state index in [1.54, 1.807) is 0 Å². The molecule has 0 aromatic heterocycles. The standard InChI is InChI=1S/C21H29N/c1-3-19(22)17-13-14-7-4-5-8-15(14)16-10-12-21(2)11-6-9-18(21)20(16)17/h3-5,7-8,13,15-20H,1,6,9-12,22H2,2H3/t15-,16+,17-,18-,19?,20-,21-/m0/s1. The zero-order chi connectivity index (χ0) is 15.3. The summed E-state index contributed by atoms with van der Waals surface area (Å²) in [6.45, 7) is 6.54. The van der Waals surface area contributed by atoms with Gasteiger partial charge in [-0.2, -0.15) is 0 Å². The molecule has 2 fully saturated rings. The largest absolute Gasteiger partial charge is 0.324 e. The van der Waals surface area contributed by atoms with Gasteiger partial charge in [0.25, 0.3) is 0 Å². The van der Waals surface area contributed by atoms with Crippen molar-refractivity contribution in [3.8, 4) is 0 Å². The molecule has 22 heavy (non-hydrogen) atoms. The van der Waals surface area contributed by atoms with Gasteiger partial charge in [0.15, 0.2) is 0 Å². The summed E-state index contributed by atoms with van der Waals surface area (Å²) >= 11 is 0. The van der Waals surface area contributed by atoms with Crippen molar-refractivity contribution in [1.82, 2.24) is 0 Å². The van der Waals surface area contributed by atoms with Gasteiger partial charge in [-0.25, -0.2) is 0 Å². The minimum absolute atomic E-state index is 0.100. The Labute approximate surface area is 135 Å². The van der Waals surface area contributed by atoms with E-state index in [0.29, 0.717) is 17.3 Å². The molecule has 0 aliphatic heterocycles. The second-order valence-electron chi connectivity index (χ2n) is 8.26. The van der Waals surface area contributed by atoms with Crippen LogP contribution in [0.25, 0.3) is 0 Å². The van der Waals surface area contributed by atoms with Crippen molar-refractivity contribution in [2.75, 3.05) is 0 Å². The van der Waals surface area contributed by atoms with E-state index in [1.807, 2.05) is 6.08 Å². The molecule has 118 valence electrons. The van der Waals surface area contributed by atoms with E-state index in [-0.39, 0.29) is 6.04 Å². The number of hydrogen-bond donors (Lipinski definition) is 1. The summed E-state index contributed by atoms with van der Waals surface area (Å²) < 4.78 is 0. The van der Waals surface area contributed by atoms with Crippen LogP contribution in [0.3, 0.4) is 0 Å². The molecule has 1 unspecified atom stereocenters. The molecule has 1 heteroatoms. The summed E-state index contributed by atoms with van der Waals surface area (Å²) in [4.78, 5) is 0. The van der Waals surface area contributed by atoms with Crippen molar-refractivity contribution >= 4 is 0 Å². The highest BCUT2D eigenvalue weighted by atomic mass is 14.7. The predicted molar refractivity (Wildman–Crippen MR) is 93.2 cm³/mol. The molecule has 0 aromatic rings. The van der Waals surface area contributed by atoms with Crippen molar-refractivity contribution in [3.05, 3.63) is 48.6 Å². The Morgan fingerprint density at radius 2 is 2.18 bits per heavy atom. The highest BCUT2D eigenvalue weighted by Crippen LogP contribution is 2.62. The van der Waals surface area contributed by atoms with E-state index >= 15 is 0 Å². The summed E-state index contributed by atoms with van der Waals surface area (Å²) in [5.74, 6) is 3.51. The first-order valence-electron chi connectivity index (χ1n) is 9.09.